The molecule has 0 rings (SSSR count). The Morgan fingerprint density at radius 3 is 2.06 bits per heavy atom. The van der Waals surface area contributed by atoms with E-state index in [1.54, 1.807) is 0 Å². The molecule has 0 fully saturated rings. The van der Waals surface area contributed by atoms with Crippen molar-refractivity contribution in [1.82, 2.24) is 4.90 Å². The molecule has 0 aliphatic carbocycles. The average molecular weight is 227 g/mol. The SMILES string of the molecule is CCN(CC)C(=O)CCCCCCC(C)C. The summed E-state index contributed by atoms with van der Waals surface area (Å²) >= 11 is 0. The van der Waals surface area contributed by atoms with Crippen LogP contribution in [0.15, 0.2) is 0 Å². The lowest BCUT2D eigenvalue weighted by molar-refractivity contribution is -0.130. The van der Waals surface area contributed by atoms with Crippen molar-refractivity contribution in [2.75, 3.05) is 13.1 Å². The Kier molecular flexibility index (Phi) is 9.36. The van der Waals surface area contributed by atoms with Crippen LogP contribution in [-0.2, 0) is 4.79 Å². The van der Waals surface area contributed by atoms with Crippen molar-refractivity contribution >= 4 is 5.91 Å². The summed E-state index contributed by atoms with van der Waals surface area (Å²) in [6, 6.07) is 0. The first-order valence-corrected chi connectivity index (χ1v) is 6.89. The third-order valence-corrected chi connectivity index (χ3v) is 3.04. The zero-order chi connectivity index (χ0) is 12.4. The Morgan fingerprint density at radius 2 is 1.56 bits per heavy atom. The molecule has 96 valence electrons. The van der Waals surface area contributed by atoms with E-state index in [0.717, 1.165) is 31.8 Å². The van der Waals surface area contributed by atoms with E-state index in [0.29, 0.717) is 5.91 Å². The molecule has 0 aliphatic heterocycles. The van der Waals surface area contributed by atoms with Crippen molar-refractivity contribution in [2.24, 2.45) is 5.92 Å². The summed E-state index contributed by atoms with van der Waals surface area (Å²) in [6.07, 6.45) is 6.93. The van der Waals surface area contributed by atoms with Gasteiger partial charge in [0, 0.05) is 19.5 Å². The van der Waals surface area contributed by atoms with Gasteiger partial charge in [-0.05, 0) is 26.2 Å². The standard InChI is InChI=1S/C14H29NO/c1-5-15(6-2)14(16)12-10-8-7-9-11-13(3)4/h13H,5-12H2,1-4H3. The van der Waals surface area contributed by atoms with Gasteiger partial charge in [-0.2, -0.15) is 0 Å². The maximum atomic E-state index is 11.7. The predicted octanol–water partition coefficient (Wildman–Crippen LogP) is 3.85. The number of carbonyl (C=O) groups excluding carboxylic acids is 1. The van der Waals surface area contributed by atoms with E-state index in [1.165, 1.54) is 25.7 Å². The smallest absolute Gasteiger partial charge is 0.222 e. The molecular weight excluding hydrogens is 198 g/mol. The van der Waals surface area contributed by atoms with E-state index in [-0.39, 0.29) is 0 Å². The normalized spacial score (nSPS) is 10.8. The molecule has 16 heavy (non-hydrogen) atoms. The molecule has 0 radical (unpaired) electrons. The first-order chi connectivity index (χ1) is 7.61. The molecule has 0 unspecified atom stereocenters. The van der Waals surface area contributed by atoms with Crippen LogP contribution in [0.2, 0.25) is 0 Å². The van der Waals surface area contributed by atoms with Gasteiger partial charge in [0.2, 0.25) is 5.91 Å². The lowest BCUT2D eigenvalue weighted by Gasteiger charge is -2.18. The molecule has 0 N–H and O–H groups in total. The second-order valence-electron chi connectivity index (χ2n) is 4.91. The lowest BCUT2D eigenvalue weighted by atomic mass is 10.0. The molecule has 0 saturated carbocycles. The van der Waals surface area contributed by atoms with Crippen molar-refractivity contribution in [1.29, 1.82) is 0 Å². The largest absolute Gasteiger partial charge is 0.343 e. The molecule has 0 saturated heterocycles. The molecule has 1 amide bonds. The van der Waals surface area contributed by atoms with Gasteiger partial charge < -0.3 is 4.90 Å². The van der Waals surface area contributed by atoms with Crippen molar-refractivity contribution in [3.63, 3.8) is 0 Å². The van der Waals surface area contributed by atoms with E-state index in [2.05, 4.69) is 13.8 Å². The Labute approximate surface area is 101 Å². The number of hydrogen-bond donors (Lipinski definition) is 0. The van der Waals surface area contributed by atoms with Crippen LogP contribution in [0.1, 0.15) is 66.2 Å². The van der Waals surface area contributed by atoms with Crippen LogP contribution in [0, 0.1) is 5.92 Å². The molecule has 0 atom stereocenters. The molecule has 0 heterocycles. The Hall–Kier alpha value is -0.530. The first kappa shape index (κ1) is 15.5. The maximum absolute atomic E-state index is 11.7. The zero-order valence-electron chi connectivity index (χ0n) is 11.6. The van der Waals surface area contributed by atoms with E-state index in [1.807, 2.05) is 18.7 Å². The molecule has 0 aromatic heterocycles. The fraction of sp³-hybridized carbons (Fsp3) is 0.929. The molecule has 2 nitrogen and oxygen atoms in total. The van der Waals surface area contributed by atoms with Gasteiger partial charge in [-0.25, -0.2) is 0 Å². The lowest BCUT2D eigenvalue weighted by Crippen LogP contribution is -2.30. The molecular formula is C14H29NO. The quantitative estimate of drug-likeness (QED) is 0.548. The highest BCUT2D eigenvalue weighted by Gasteiger charge is 2.08. The van der Waals surface area contributed by atoms with Crippen LogP contribution in [0.5, 0.6) is 0 Å². The number of unbranched alkanes of at least 4 members (excludes halogenated alkanes) is 3. The third-order valence-electron chi connectivity index (χ3n) is 3.04. The number of hydrogen-bond acceptors (Lipinski definition) is 1. The minimum atomic E-state index is 0.328. The second-order valence-corrected chi connectivity index (χ2v) is 4.91. The highest BCUT2D eigenvalue weighted by atomic mass is 16.2. The summed E-state index contributed by atoms with van der Waals surface area (Å²) in [5.74, 6) is 1.14. The number of carbonyl (C=O) groups is 1. The first-order valence-electron chi connectivity index (χ1n) is 6.89. The predicted molar refractivity (Wildman–Crippen MR) is 70.5 cm³/mol. The molecule has 0 spiro atoms. The maximum Gasteiger partial charge on any atom is 0.222 e. The Morgan fingerprint density at radius 1 is 1.00 bits per heavy atom. The van der Waals surface area contributed by atoms with Gasteiger partial charge in [0.15, 0.2) is 0 Å². The van der Waals surface area contributed by atoms with Gasteiger partial charge in [-0.15, -0.1) is 0 Å². The van der Waals surface area contributed by atoms with Crippen molar-refractivity contribution < 1.29 is 4.79 Å². The van der Waals surface area contributed by atoms with Gasteiger partial charge in [0.25, 0.3) is 0 Å². The molecule has 0 aromatic rings. The third kappa shape index (κ3) is 7.72. The monoisotopic (exact) mass is 227 g/mol. The molecule has 0 aromatic carbocycles. The molecule has 2 heteroatoms. The van der Waals surface area contributed by atoms with Gasteiger partial charge in [-0.3, -0.25) is 4.79 Å². The summed E-state index contributed by atoms with van der Waals surface area (Å²) in [7, 11) is 0. The average Bonchev–Trinajstić information content (AvgIpc) is 2.24. The number of nitrogens with zero attached hydrogens (tertiary/aromatic N) is 1. The Balaban J connectivity index is 3.40. The second kappa shape index (κ2) is 9.68. The summed E-state index contributed by atoms with van der Waals surface area (Å²) < 4.78 is 0. The van der Waals surface area contributed by atoms with E-state index in [9.17, 15) is 4.79 Å². The summed E-state index contributed by atoms with van der Waals surface area (Å²) in [5, 5.41) is 0. The van der Waals surface area contributed by atoms with Gasteiger partial charge in [0.1, 0.15) is 0 Å². The van der Waals surface area contributed by atoms with Gasteiger partial charge in [-0.1, -0.05) is 39.5 Å². The van der Waals surface area contributed by atoms with Crippen LogP contribution in [0.25, 0.3) is 0 Å². The van der Waals surface area contributed by atoms with Crippen molar-refractivity contribution in [3.05, 3.63) is 0 Å². The van der Waals surface area contributed by atoms with Gasteiger partial charge in [0.05, 0.1) is 0 Å². The topological polar surface area (TPSA) is 20.3 Å². The van der Waals surface area contributed by atoms with Crippen molar-refractivity contribution in [2.45, 2.75) is 66.2 Å². The number of amides is 1. The summed E-state index contributed by atoms with van der Waals surface area (Å²) in [5.41, 5.74) is 0. The van der Waals surface area contributed by atoms with E-state index < -0.39 is 0 Å². The number of rotatable bonds is 9. The molecule has 0 bridgehead atoms. The minimum absolute atomic E-state index is 0.328. The minimum Gasteiger partial charge on any atom is -0.343 e. The van der Waals surface area contributed by atoms with Crippen LogP contribution < -0.4 is 0 Å². The van der Waals surface area contributed by atoms with Crippen LogP contribution in [-0.4, -0.2) is 23.9 Å². The van der Waals surface area contributed by atoms with Gasteiger partial charge >= 0.3 is 0 Å². The summed E-state index contributed by atoms with van der Waals surface area (Å²) in [6.45, 7) is 10.3. The van der Waals surface area contributed by atoms with E-state index in [4.69, 9.17) is 0 Å². The molecule has 0 aliphatic rings. The summed E-state index contributed by atoms with van der Waals surface area (Å²) in [4.78, 5) is 13.6. The highest BCUT2D eigenvalue weighted by molar-refractivity contribution is 5.75. The van der Waals surface area contributed by atoms with Crippen molar-refractivity contribution in [3.8, 4) is 0 Å². The van der Waals surface area contributed by atoms with E-state index >= 15 is 0 Å². The Bertz CT molecular complexity index is 174. The van der Waals surface area contributed by atoms with Crippen LogP contribution in [0.3, 0.4) is 0 Å². The van der Waals surface area contributed by atoms with Crippen LogP contribution in [0.4, 0.5) is 0 Å². The van der Waals surface area contributed by atoms with Crippen LogP contribution >= 0.6 is 0 Å². The zero-order valence-corrected chi connectivity index (χ0v) is 11.6. The highest BCUT2D eigenvalue weighted by Crippen LogP contribution is 2.11. The fourth-order valence-corrected chi connectivity index (χ4v) is 1.92. The fourth-order valence-electron chi connectivity index (χ4n) is 1.92.